The molecule has 0 aliphatic rings. The van der Waals surface area contributed by atoms with Crippen molar-refractivity contribution < 1.29 is 4.79 Å². The summed E-state index contributed by atoms with van der Waals surface area (Å²) >= 11 is 1.58. The Kier molecular flexibility index (Phi) is 5.68. The van der Waals surface area contributed by atoms with Crippen molar-refractivity contribution >= 4 is 34.4 Å². The van der Waals surface area contributed by atoms with Crippen LogP contribution < -0.4 is 10.6 Å². The van der Waals surface area contributed by atoms with Gasteiger partial charge < -0.3 is 10.6 Å². The number of carbonyl (C=O) groups is 1. The van der Waals surface area contributed by atoms with E-state index in [4.69, 9.17) is 0 Å². The van der Waals surface area contributed by atoms with Crippen LogP contribution in [0.25, 0.3) is 0 Å². The van der Waals surface area contributed by atoms with Crippen LogP contribution >= 0.6 is 11.3 Å². The van der Waals surface area contributed by atoms with Gasteiger partial charge >= 0.3 is 0 Å². The molecule has 0 saturated heterocycles. The number of aromatic nitrogens is 1. The first-order valence-corrected chi connectivity index (χ1v) is 9.55. The quantitative estimate of drug-likeness (QED) is 0.606. The van der Waals surface area contributed by atoms with E-state index < -0.39 is 0 Å². The fourth-order valence-corrected chi connectivity index (χ4v) is 3.49. The van der Waals surface area contributed by atoms with Gasteiger partial charge in [-0.2, -0.15) is 0 Å². The Balaban J connectivity index is 1.68. The Hall–Kier alpha value is -2.66. The molecule has 2 heterocycles. The van der Waals surface area contributed by atoms with Gasteiger partial charge in [-0.15, -0.1) is 11.3 Å². The number of hydrogen-bond donors (Lipinski definition) is 2. The standard InChI is InChI=1S/C21H23N3OS/c1-14(2)18-8-4-6-15(3)21(18)24-19-10-9-16(13-22-19)23-20(25)12-17-7-5-11-26-17/h4-11,13-14H,12H2,1-3H3,(H,22,24)(H,23,25). The second-order valence-electron chi connectivity index (χ2n) is 6.56. The summed E-state index contributed by atoms with van der Waals surface area (Å²) in [5.74, 6) is 1.15. The van der Waals surface area contributed by atoms with Gasteiger partial charge in [0.25, 0.3) is 0 Å². The summed E-state index contributed by atoms with van der Waals surface area (Å²) in [5.41, 5.74) is 4.25. The molecular weight excluding hydrogens is 342 g/mol. The lowest BCUT2D eigenvalue weighted by Gasteiger charge is -2.17. The van der Waals surface area contributed by atoms with E-state index in [1.165, 1.54) is 11.1 Å². The molecule has 4 nitrogen and oxygen atoms in total. The molecule has 2 aromatic heterocycles. The third-order valence-electron chi connectivity index (χ3n) is 4.14. The van der Waals surface area contributed by atoms with Gasteiger partial charge in [-0.25, -0.2) is 4.98 Å². The van der Waals surface area contributed by atoms with Gasteiger partial charge in [0.1, 0.15) is 5.82 Å². The number of pyridine rings is 1. The van der Waals surface area contributed by atoms with Crippen LogP contribution in [0.3, 0.4) is 0 Å². The van der Waals surface area contributed by atoms with Crippen molar-refractivity contribution in [2.45, 2.75) is 33.1 Å². The Morgan fingerprint density at radius 3 is 2.65 bits per heavy atom. The molecule has 2 N–H and O–H groups in total. The third-order valence-corrected chi connectivity index (χ3v) is 5.02. The van der Waals surface area contributed by atoms with Crippen molar-refractivity contribution in [2.24, 2.45) is 0 Å². The highest BCUT2D eigenvalue weighted by Gasteiger charge is 2.10. The van der Waals surface area contributed by atoms with Crippen LogP contribution in [0.15, 0.2) is 54.0 Å². The van der Waals surface area contributed by atoms with Crippen molar-refractivity contribution in [1.29, 1.82) is 0 Å². The van der Waals surface area contributed by atoms with Crippen molar-refractivity contribution in [1.82, 2.24) is 4.98 Å². The Bertz CT molecular complexity index is 871. The zero-order valence-electron chi connectivity index (χ0n) is 15.2. The van der Waals surface area contributed by atoms with E-state index in [9.17, 15) is 4.79 Å². The number of carbonyl (C=O) groups excluding carboxylic acids is 1. The van der Waals surface area contributed by atoms with Crippen LogP contribution in [0.2, 0.25) is 0 Å². The zero-order chi connectivity index (χ0) is 18.5. The highest BCUT2D eigenvalue weighted by atomic mass is 32.1. The maximum atomic E-state index is 12.1. The summed E-state index contributed by atoms with van der Waals surface area (Å²) in [6, 6.07) is 14.0. The smallest absolute Gasteiger partial charge is 0.229 e. The second-order valence-corrected chi connectivity index (χ2v) is 7.59. The average molecular weight is 366 g/mol. The monoisotopic (exact) mass is 365 g/mol. The number of hydrogen-bond acceptors (Lipinski definition) is 4. The van der Waals surface area contributed by atoms with E-state index in [0.717, 1.165) is 16.4 Å². The van der Waals surface area contributed by atoms with Gasteiger partial charge in [-0.3, -0.25) is 4.79 Å². The molecule has 0 aliphatic carbocycles. The number of nitrogens with one attached hydrogen (secondary N) is 2. The van der Waals surface area contributed by atoms with Crippen LogP contribution in [0.5, 0.6) is 0 Å². The fourth-order valence-electron chi connectivity index (χ4n) is 2.79. The number of anilines is 3. The van der Waals surface area contributed by atoms with Crippen LogP contribution in [-0.2, 0) is 11.2 Å². The van der Waals surface area contributed by atoms with Crippen molar-refractivity contribution in [2.75, 3.05) is 10.6 Å². The fraction of sp³-hybridized carbons (Fsp3) is 0.238. The Labute approximate surface area is 158 Å². The summed E-state index contributed by atoms with van der Waals surface area (Å²) in [6.45, 7) is 6.45. The SMILES string of the molecule is Cc1cccc(C(C)C)c1Nc1ccc(NC(=O)Cc2cccs2)cn1. The number of amides is 1. The van der Waals surface area contributed by atoms with Gasteiger partial charge in [0, 0.05) is 10.6 Å². The summed E-state index contributed by atoms with van der Waals surface area (Å²) in [6.07, 6.45) is 2.07. The van der Waals surface area contributed by atoms with Crippen LogP contribution in [0, 0.1) is 6.92 Å². The number of thiophene rings is 1. The normalized spacial score (nSPS) is 10.8. The molecule has 0 unspecified atom stereocenters. The van der Waals surface area contributed by atoms with Crippen LogP contribution in [-0.4, -0.2) is 10.9 Å². The molecule has 0 bridgehead atoms. The van der Waals surface area contributed by atoms with Gasteiger partial charge in [-0.1, -0.05) is 38.1 Å². The minimum atomic E-state index is -0.0315. The predicted octanol–water partition coefficient (Wildman–Crippen LogP) is 5.50. The molecule has 0 spiro atoms. The average Bonchev–Trinajstić information content (AvgIpc) is 3.11. The summed E-state index contributed by atoms with van der Waals surface area (Å²) in [4.78, 5) is 17.6. The maximum Gasteiger partial charge on any atom is 0.229 e. The molecule has 0 saturated carbocycles. The molecule has 1 amide bonds. The van der Waals surface area contributed by atoms with Crippen LogP contribution in [0.1, 0.15) is 35.8 Å². The highest BCUT2D eigenvalue weighted by molar-refractivity contribution is 7.10. The zero-order valence-corrected chi connectivity index (χ0v) is 16.1. The molecule has 3 rings (SSSR count). The van der Waals surface area contributed by atoms with Crippen LogP contribution in [0.4, 0.5) is 17.2 Å². The molecule has 0 atom stereocenters. The topological polar surface area (TPSA) is 54.0 Å². The first-order chi connectivity index (χ1) is 12.5. The summed E-state index contributed by atoms with van der Waals surface area (Å²) in [5, 5.41) is 8.28. The van der Waals surface area contributed by atoms with E-state index in [2.05, 4.69) is 54.6 Å². The largest absolute Gasteiger partial charge is 0.340 e. The second kappa shape index (κ2) is 8.15. The van der Waals surface area contributed by atoms with Crippen molar-refractivity contribution in [3.63, 3.8) is 0 Å². The van der Waals surface area contributed by atoms with E-state index >= 15 is 0 Å². The third kappa shape index (κ3) is 4.49. The lowest BCUT2D eigenvalue weighted by Crippen LogP contribution is -2.13. The number of aryl methyl sites for hydroxylation is 1. The summed E-state index contributed by atoms with van der Waals surface area (Å²) in [7, 11) is 0. The predicted molar refractivity (Wildman–Crippen MR) is 109 cm³/mol. The molecule has 134 valence electrons. The molecular formula is C21H23N3OS. The molecule has 26 heavy (non-hydrogen) atoms. The molecule has 5 heteroatoms. The molecule has 0 fully saturated rings. The van der Waals surface area contributed by atoms with Crippen molar-refractivity contribution in [3.8, 4) is 0 Å². The lowest BCUT2D eigenvalue weighted by atomic mass is 9.98. The summed E-state index contributed by atoms with van der Waals surface area (Å²) < 4.78 is 0. The van der Waals surface area contributed by atoms with Crippen molar-refractivity contribution in [3.05, 3.63) is 70.0 Å². The number of benzene rings is 1. The minimum absolute atomic E-state index is 0.0315. The molecule has 0 radical (unpaired) electrons. The van der Waals surface area contributed by atoms with Gasteiger partial charge in [0.05, 0.1) is 18.3 Å². The number of nitrogens with zero attached hydrogens (tertiary/aromatic N) is 1. The number of rotatable bonds is 6. The highest BCUT2D eigenvalue weighted by Crippen LogP contribution is 2.29. The lowest BCUT2D eigenvalue weighted by molar-refractivity contribution is -0.115. The van der Waals surface area contributed by atoms with E-state index in [-0.39, 0.29) is 5.91 Å². The van der Waals surface area contributed by atoms with E-state index in [1.807, 2.05) is 29.6 Å². The maximum absolute atomic E-state index is 12.1. The number of para-hydroxylation sites is 1. The first kappa shape index (κ1) is 18.1. The minimum Gasteiger partial charge on any atom is -0.340 e. The Morgan fingerprint density at radius 1 is 1.15 bits per heavy atom. The molecule has 3 aromatic rings. The molecule has 1 aromatic carbocycles. The molecule has 0 aliphatic heterocycles. The Morgan fingerprint density at radius 2 is 2.00 bits per heavy atom. The first-order valence-electron chi connectivity index (χ1n) is 8.67. The van der Waals surface area contributed by atoms with E-state index in [1.54, 1.807) is 17.5 Å². The van der Waals surface area contributed by atoms with Gasteiger partial charge in [0.2, 0.25) is 5.91 Å². The van der Waals surface area contributed by atoms with E-state index in [0.29, 0.717) is 18.0 Å². The van der Waals surface area contributed by atoms with Gasteiger partial charge in [-0.05, 0) is 47.5 Å². The van der Waals surface area contributed by atoms with Gasteiger partial charge in [0.15, 0.2) is 0 Å².